The summed E-state index contributed by atoms with van der Waals surface area (Å²) in [6, 6.07) is 4.20. The molecule has 1 saturated heterocycles. The smallest absolute Gasteiger partial charge is 0.288 e. The van der Waals surface area contributed by atoms with E-state index in [0.717, 1.165) is 12.8 Å². The second kappa shape index (κ2) is 5.57. The van der Waals surface area contributed by atoms with E-state index in [-0.39, 0.29) is 16.6 Å². The summed E-state index contributed by atoms with van der Waals surface area (Å²) in [6.45, 7) is 3.51. The Labute approximate surface area is 116 Å². The van der Waals surface area contributed by atoms with Gasteiger partial charge in [0.1, 0.15) is 5.02 Å². The van der Waals surface area contributed by atoms with Gasteiger partial charge >= 0.3 is 0 Å². The Morgan fingerprint density at radius 1 is 1.53 bits per heavy atom. The van der Waals surface area contributed by atoms with Gasteiger partial charge in [0.15, 0.2) is 0 Å². The molecule has 1 aliphatic rings. The molecule has 0 bridgehead atoms. The number of benzene rings is 1. The van der Waals surface area contributed by atoms with Crippen LogP contribution in [0.5, 0.6) is 0 Å². The predicted octanol–water partition coefficient (Wildman–Crippen LogP) is 3.12. The molecule has 102 valence electrons. The molecule has 1 atom stereocenters. The number of rotatable bonds is 2. The first kappa shape index (κ1) is 13.8. The molecule has 5 nitrogen and oxygen atoms in total. The van der Waals surface area contributed by atoms with Crippen LogP contribution in [0.3, 0.4) is 0 Å². The molecule has 1 unspecified atom stereocenters. The number of nitro benzene ring substituents is 1. The molecule has 6 heteroatoms. The van der Waals surface area contributed by atoms with E-state index in [1.54, 1.807) is 4.90 Å². The monoisotopic (exact) mass is 282 g/mol. The molecule has 1 amide bonds. The molecule has 1 fully saturated rings. The second-order valence-electron chi connectivity index (χ2n) is 4.92. The van der Waals surface area contributed by atoms with Crippen molar-refractivity contribution in [1.29, 1.82) is 0 Å². The lowest BCUT2D eigenvalue weighted by molar-refractivity contribution is -0.384. The van der Waals surface area contributed by atoms with Gasteiger partial charge in [-0.3, -0.25) is 14.9 Å². The Kier molecular flexibility index (Phi) is 4.04. The van der Waals surface area contributed by atoms with Crippen LogP contribution in [0.25, 0.3) is 0 Å². The van der Waals surface area contributed by atoms with E-state index in [1.807, 2.05) is 0 Å². The molecule has 1 aromatic carbocycles. The van der Waals surface area contributed by atoms with Crippen molar-refractivity contribution in [3.05, 3.63) is 38.9 Å². The molecular formula is C13H15ClN2O3. The lowest BCUT2D eigenvalue weighted by Crippen LogP contribution is -2.39. The Morgan fingerprint density at radius 2 is 2.26 bits per heavy atom. The van der Waals surface area contributed by atoms with Crippen LogP contribution in [0.4, 0.5) is 5.69 Å². The summed E-state index contributed by atoms with van der Waals surface area (Å²) in [5.74, 6) is 0.311. The summed E-state index contributed by atoms with van der Waals surface area (Å²) in [4.78, 5) is 24.3. The van der Waals surface area contributed by atoms with Gasteiger partial charge in [-0.2, -0.15) is 0 Å². The lowest BCUT2D eigenvalue weighted by Gasteiger charge is -2.30. The fourth-order valence-corrected chi connectivity index (χ4v) is 2.53. The fraction of sp³-hybridized carbons (Fsp3) is 0.462. The van der Waals surface area contributed by atoms with Crippen molar-refractivity contribution in [2.75, 3.05) is 13.1 Å². The van der Waals surface area contributed by atoms with E-state index in [9.17, 15) is 14.9 Å². The number of hydrogen-bond acceptors (Lipinski definition) is 3. The summed E-state index contributed by atoms with van der Waals surface area (Å²) in [5, 5.41) is 10.9. The van der Waals surface area contributed by atoms with Gasteiger partial charge in [-0.25, -0.2) is 0 Å². The molecule has 2 rings (SSSR count). The van der Waals surface area contributed by atoms with Crippen LogP contribution >= 0.6 is 11.6 Å². The van der Waals surface area contributed by atoms with Gasteiger partial charge in [0.2, 0.25) is 0 Å². The summed E-state index contributed by atoms with van der Waals surface area (Å²) < 4.78 is 0. The van der Waals surface area contributed by atoms with Gasteiger partial charge < -0.3 is 4.90 Å². The zero-order valence-electron chi connectivity index (χ0n) is 10.6. The standard InChI is InChI=1S/C13H15ClN2O3/c1-9-3-2-6-15(8-9)13(17)10-4-5-11(14)12(7-10)16(18)19/h4-5,7,9H,2-3,6,8H2,1H3. The predicted molar refractivity (Wildman–Crippen MR) is 72.4 cm³/mol. The van der Waals surface area contributed by atoms with Gasteiger partial charge in [0.05, 0.1) is 4.92 Å². The van der Waals surface area contributed by atoms with Gasteiger partial charge in [0.25, 0.3) is 11.6 Å². The molecule has 19 heavy (non-hydrogen) atoms. The maximum absolute atomic E-state index is 12.3. The van der Waals surface area contributed by atoms with E-state index < -0.39 is 4.92 Å². The van der Waals surface area contributed by atoms with Crippen molar-refractivity contribution in [3.8, 4) is 0 Å². The number of carbonyl (C=O) groups is 1. The van der Waals surface area contributed by atoms with E-state index in [1.165, 1.54) is 18.2 Å². The quantitative estimate of drug-likeness (QED) is 0.618. The number of likely N-dealkylation sites (tertiary alicyclic amines) is 1. The number of carbonyl (C=O) groups excluding carboxylic acids is 1. The van der Waals surface area contributed by atoms with Gasteiger partial charge in [-0.15, -0.1) is 0 Å². The van der Waals surface area contributed by atoms with Crippen molar-refractivity contribution < 1.29 is 9.72 Å². The maximum atomic E-state index is 12.3. The summed E-state index contributed by atoms with van der Waals surface area (Å²) in [5.41, 5.74) is 0.0998. The summed E-state index contributed by atoms with van der Waals surface area (Å²) in [7, 11) is 0. The van der Waals surface area contributed by atoms with Gasteiger partial charge in [-0.05, 0) is 30.9 Å². The topological polar surface area (TPSA) is 63.5 Å². The molecular weight excluding hydrogens is 268 g/mol. The third-order valence-electron chi connectivity index (χ3n) is 3.33. The molecule has 1 aliphatic heterocycles. The van der Waals surface area contributed by atoms with Crippen LogP contribution < -0.4 is 0 Å². The first-order valence-electron chi connectivity index (χ1n) is 6.22. The number of nitro groups is 1. The zero-order valence-corrected chi connectivity index (χ0v) is 11.4. The number of amides is 1. The Bertz CT molecular complexity index is 519. The zero-order chi connectivity index (χ0) is 14.0. The van der Waals surface area contributed by atoms with Gasteiger partial charge in [-0.1, -0.05) is 18.5 Å². The van der Waals surface area contributed by atoms with Crippen molar-refractivity contribution in [2.45, 2.75) is 19.8 Å². The van der Waals surface area contributed by atoms with Crippen LogP contribution in [0.15, 0.2) is 18.2 Å². The molecule has 0 aromatic heterocycles. The average Bonchev–Trinajstić information content (AvgIpc) is 2.38. The molecule has 1 aromatic rings. The average molecular weight is 283 g/mol. The molecule has 0 aliphatic carbocycles. The van der Waals surface area contributed by atoms with Crippen LogP contribution in [0, 0.1) is 16.0 Å². The number of hydrogen-bond donors (Lipinski definition) is 0. The van der Waals surface area contributed by atoms with Crippen molar-refractivity contribution >= 4 is 23.2 Å². The third kappa shape index (κ3) is 3.04. The fourth-order valence-electron chi connectivity index (χ4n) is 2.34. The summed E-state index contributed by atoms with van der Waals surface area (Å²) >= 11 is 5.74. The van der Waals surface area contributed by atoms with E-state index >= 15 is 0 Å². The molecule has 0 N–H and O–H groups in total. The Balaban J connectivity index is 2.24. The van der Waals surface area contributed by atoms with E-state index in [2.05, 4.69) is 6.92 Å². The van der Waals surface area contributed by atoms with E-state index in [4.69, 9.17) is 11.6 Å². The molecule has 0 radical (unpaired) electrons. The highest BCUT2D eigenvalue weighted by Gasteiger charge is 2.24. The molecule has 0 spiro atoms. The lowest BCUT2D eigenvalue weighted by atomic mass is 9.99. The number of piperidine rings is 1. The molecule has 1 heterocycles. The van der Waals surface area contributed by atoms with E-state index in [0.29, 0.717) is 24.6 Å². The minimum Gasteiger partial charge on any atom is -0.338 e. The number of nitrogens with zero attached hydrogens (tertiary/aromatic N) is 2. The minimum atomic E-state index is -0.571. The largest absolute Gasteiger partial charge is 0.338 e. The minimum absolute atomic E-state index is 0.0496. The van der Waals surface area contributed by atoms with Crippen LogP contribution in [-0.2, 0) is 0 Å². The normalized spacial score (nSPS) is 19.3. The van der Waals surface area contributed by atoms with Crippen LogP contribution in [0.2, 0.25) is 5.02 Å². The Hall–Kier alpha value is -1.62. The number of halogens is 1. The highest BCUT2D eigenvalue weighted by Crippen LogP contribution is 2.26. The second-order valence-corrected chi connectivity index (χ2v) is 5.33. The highest BCUT2D eigenvalue weighted by molar-refractivity contribution is 6.32. The first-order chi connectivity index (χ1) is 8.99. The maximum Gasteiger partial charge on any atom is 0.288 e. The van der Waals surface area contributed by atoms with Crippen molar-refractivity contribution in [2.24, 2.45) is 5.92 Å². The van der Waals surface area contributed by atoms with Crippen molar-refractivity contribution in [1.82, 2.24) is 4.90 Å². The van der Waals surface area contributed by atoms with Gasteiger partial charge in [0, 0.05) is 24.7 Å². The van der Waals surface area contributed by atoms with Crippen LogP contribution in [0.1, 0.15) is 30.1 Å². The first-order valence-corrected chi connectivity index (χ1v) is 6.60. The summed E-state index contributed by atoms with van der Waals surface area (Å²) in [6.07, 6.45) is 2.09. The SMILES string of the molecule is CC1CCCN(C(=O)c2ccc(Cl)c([N+](=O)[O-])c2)C1. The van der Waals surface area contributed by atoms with Crippen LogP contribution in [-0.4, -0.2) is 28.8 Å². The third-order valence-corrected chi connectivity index (χ3v) is 3.65. The Morgan fingerprint density at radius 3 is 2.89 bits per heavy atom. The highest BCUT2D eigenvalue weighted by atomic mass is 35.5. The van der Waals surface area contributed by atoms with Crippen molar-refractivity contribution in [3.63, 3.8) is 0 Å². The molecule has 0 saturated carbocycles.